The van der Waals surface area contributed by atoms with Crippen LogP contribution in [0.4, 0.5) is 10.1 Å². The van der Waals surface area contributed by atoms with Crippen LogP contribution in [0.5, 0.6) is 5.75 Å². The lowest BCUT2D eigenvalue weighted by Crippen LogP contribution is -2.43. The number of fused-ring (bicyclic) bond motifs is 1. The van der Waals surface area contributed by atoms with Gasteiger partial charge in [0.1, 0.15) is 18.1 Å². The maximum atomic E-state index is 14.0. The lowest BCUT2D eigenvalue weighted by molar-refractivity contribution is -0.116. The smallest absolute Gasteiger partial charge is 0.338 e. The van der Waals surface area contributed by atoms with E-state index in [9.17, 15) is 23.6 Å². The van der Waals surface area contributed by atoms with E-state index in [1.165, 1.54) is 37.4 Å². The van der Waals surface area contributed by atoms with Gasteiger partial charge in [0.15, 0.2) is 5.65 Å². The van der Waals surface area contributed by atoms with Gasteiger partial charge in [0.05, 0.1) is 36.5 Å². The van der Waals surface area contributed by atoms with Crippen molar-refractivity contribution in [2.75, 3.05) is 19.5 Å². The quantitative estimate of drug-likeness (QED) is 0.410. The predicted octanol–water partition coefficient (Wildman–Crippen LogP) is 2.43. The van der Waals surface area contributed by atoms with Crippen molar-refractivity contribution < 1.29 is 23.5 Å². The van der Waals surface area contributed by atoms with E-state index in [1.807, 2.05) is 0 Å². The van der Waals surface area contributed by atoms with Gasteiger partial charge in [-0.15, -0.1) is 0 Å². The van der Waals surface area contributed by atoms with Crippen LogP contribution >= 0.6 is 0 Å². The zero-order chi connectivity index (χ0) is 26.0. The Hall–Kier alpha value is -4.80. The molecule has 0 saturated carbocycles. The van der Waals surface area contributed by atoms with Crippen molar-refractivity contribution in [2.45, 2.75) is 13.5 Å². The van der Waals surface area contributed by atoms with Crippen LogP contribution in [0, 0.1) is 12.7 Å². The third-order valence-electron chi connectivity index (χ3n) is 5.39. The van der Waals surface area contributed by atoms with E-state index in [1.54, 1.807) is 25.1 Å². The number of aromatic nitrogens is 3. The fraction of sp³-hybridized carbons (Fsp3) is 0.160. The predicted molar refractivity (Wildman–Crippen MR) is 129 cm³/mol. The van der Waals surface area contributed by atoms with Gasteiger partial charge in [0.2, 0.25) is 5.91 Å². The summed E-state index contributed by atoms with van der Waals surface area (Å²) < 4.78 is 25.9. The number of aryl methyl sites for hydroxylation is 1. The van der Waals surface area contributed by atoms with E-state index < -0.39 is 35.5 Å². The molecule has 0 bridgehead atoms. The van der Waals surface area contributed by atoms with Crippen molar-refractivity contribution in [1.82, 2.24) is 14.1 Å². The standard InChI is InChI=1S/C25H21FN4O6/c1-14-11-17(24(33)36-3)21-22(27-14)30(15-7-6-8-16(12-15)35-2)25(34)29(23(21)32)13-20(31)28-19-10-5-4-9-18(19)26/h4-12H,13H2,1-3H3,(H,28,31). The molecular weight excluding hydrogens is 471 g/mol. The summed E-state index contributed by atoms with van der Waals surface area (Å²) in [6.45, 7) is 0.847. The van der Waals surface area contributed by atoms with Gasteiger partial charge in [-0.3, -0.25) is 9.59 Å². The minimum absolute atomic E-state index is 0.0931. The average Bonchev–Trinajstić information content (AvgIpc) is 2.87. The van der Waals surface area contributed by atoms with E-state index in [0.717, 1.165) is 17.7 Å². The third-order valence-corrected chi connectivity index (χ3v) is 5.39. The Morgan fingerprint density at radius 2 is 1.81 bits per heavy atom. The number of hydrogen-bond acceptors (Lipinski definition) is 7. The summed E-state index contributed by atoms with van der Waals surface area (Å²) in [5, 5.41) is 2.13. The maximum Gasteiger partial charge on any atom is 0.338 e. The Balaban J connectivity index is 1.99. The zero-order valence-corrected chi connectivity index (χ0v) is 19.6. The molecule has 36 heavy (non-hydrogen) atoms. The molecule has 2 aromatic heterocycles. The van der Waals surface area contributed by atoms with E-state index in [4.69, 9.17) is 9.47 Å². The van der Waals surface area contributed by atoms with E-state index in [-0.39, 0.29) is 28.0 Å². The molecule has 0 radical (unpaired) electrons. The van der Waals surface area contributed by atoms with Crippen molar-refractivity contribution in [1.29, 1.82) is 0 Å². The number of nitrogens with zero attached hydrogens (tertiary/aromatic N) is 3. The van der Waals surface area contributed by atoms with Crippen molar-refractivity contribution in [3.05, 3.63) is 92.5 Å². The largest absolute Gasteiger partial charge is 0.497 e. The van der Waals surface area contributed by atoms with Gasteiger partial charge in [-0.2, -0.15) is 0 Å². The Kier molecular flexibility index (Phi) is 6.64. The first kappa shape index (κ1) is 24.3. The van der Waals surface area contributed by atoms with Crippen LogP contribution in [0.2, 0.25) is 0 Å². The molecule has 2 aromatic carbocycles. The molecule has 4 aromatic rings. The molecule has 0 fully saturated rings. The molecule has 0 atom stereocenters. The minimum atomic E-state index is -0.925. The fourth-order valence-corrected chi connectivity index (χ4v) is 3.75. The number of rotatable bonds is 6. The van der Waals surface area contributed by atoms with Crippen molar-refractivity contribution in [2.24, 2.45) is 0 Å². The van der Waals surface area contributed by atoms with Crippen LogP contribution in [0.25, 0.3) is 16.7 Å². The SMILES string of the molecule is COC(=O)c1cc(C)nc2c1c(=O)n(CC(=O)Nc1ccccc1F)c(=O)n2-c1cccc(OC)c1. The number of nitrogens with one attached hydrogen (secondary N) is 1. The molecule has 0 aliphatic heterocycles. The Morgan fingerprint density at radius 1 is 1.06 bits per heavy atom. The summed E-state index contributed by atoms with van der Waals surface area (Å²) in [5.74, 6) is -1.90. The van der Waals surface area contributed by atoms with E-state index >= 15 is 0 Å². The van der Waals surface area contributed by atoms with Gasteiger partial charge < -0.3 is 14.8 Å². The second-order valence-electron chi connectivity index (χ2n) is 7.74. The van der Waals surface area contributed by atoms with Crippen molar-refractivity contribution in [3.8, 4) is 11.4 Å². The number of hydrogen-bond donors (Lipinski definition) is 1. The lowest BCUT2D eigenvalue weighted by atomic mass is 10.1. The second-order valence-corrected chi connectivity index (χ2v) is 7.74. The molecule has 0 spiro atoms. The minimum Gasteiger partial charge on any atom is -0.497 e. The summed E-state index contributed by atoms with van der Waals surface area (Å²) in [6.07, 6.45) is 0. The molecular formula is C25H21FN4O6. The number of halogens is 1. The Morgan fingerprint density at radius 3 is 2.50 bits per heavy atom. The number of carbonyl (C=O) groups excluding carboxylic acids is 2. The van der Waals surface area contributed by atoms with Gasteiger partial charge in [-0.1, -0.05) is 18.2 Å². The van der Waals surface area contributed by atoms with Gasteiger partial charge in [-0.25, -0.2) is 28.1 Å². The molecule has 184 valence electrons. The molecule has 2 heterocycles. The Bertz CT molecular complexity index is 1630. The van der Waals surface area contributed by atoms with Crippen LogP contribution in [-0.4, -0.2) is 40.2 Å². The highest BCUT2D eigenvalue weighted by Gasteiger charge is 2.24. The zero-order valence-electron chi connectivity index (χ0n) is 19.6. The van der Waals surface area contributed by atoms with E-state index in [2.05, 4.69) is 10.3 Å². The first-order valence-electron chi connectivity index (χ1n) is 10.7. The number of para-hydroxylation sites is 1. The highest BCUT2D eigenvalue weighted by atomic mass is 19.1. The van der Waals surface area contributed by atoms with Crippen LogP contribution in [0.15, 0.2) is 64.2 Å². The number of carbonyl (C=O) groups is 2. The number of esters is 1. The lowest BCUT2D eigenvalue weighted by Gasteiger charge is -2.16. The molecule has 10 nitrogen and oxygen atoms in total. The summed E-state index contributed by atoms with van der Waals surface area (Å²) >= 11 is 0. The van der Waals surface area contributed by atoms with Gasteiger partial charge in [0, 0.05) is 11.8 Å². The average molecular weight is 492 g/mol. The second kappa shape index (κ2) is 9.82. The monoisotopic (exact) mass is 492 g/mol. The Labute approximate surface area is 203 Å². The molecule has 0 saturated heterocycles. The van der Waals surface area contributed by atoms with Crippen LogP contribution < -0.4 is 21.3 Å². The number of pyridine rings is 1. The molecule has 4 rings (SSSR count). The third kappa shape index (κ3) is 4.45. The van der Waals surface area contributed by atoms with E-state index in [0.29, 0.717) is 16.0 Å². The highest BCUT2D eigenvalue weighted by molar-refractivity contribution is 6.02. The number of methoxy groups -OCH3 is 2. The summed E-state index contributed by atoms with van der Waals surface area (Å²) in [6, 6.07) is 13.2. The van der Waals surface area contributed by atoms with Gasteiger partial charge in [0.25, 0.3) is 5.56 Å². The van der Waals surface area contributed by atoms with Gasteiger partial charge >= 0.3 is 11.7 Å². The number of ether oxygens (including phenoxy) is 2. The first-order valence-corrected chi connectivity index (χ1v) is 10.7. The number of benzene rings is 2. The highest BCUT2D eigenvalue weighted by Crippen LogP contribution is 2.21. The molecule has 0 aliphatic carbocycles. The first-order chi connectivity index (χ1) is 17.2. The number of amides is 1. The van der Waals surface area contributed by atoms with Crippen LogP contribution in [-0.2, 0) is 16.1 Å². The summed E-state index contributed by atoms with van der Waals surface area (Å²) in [5.41, 5.74) is -1.51. The van der Waals surface area contributed by atoms with Crippen molar-refractivity contribution >= 4 is 28.6 Å². The molecule has 1 N–H and O–H groups in total. The maximum absolute atomic E-state index is 14.0. The topological polar surface area (TPSA) is 122 Å². The molecule has 0 unspecified atom stereocenters. The van der Waals surface area contributed by atoms with Crippen molar-refractivity contribution in [3.63, 3.8) is 0 Å². The van der Waals surface area contributed by atoms with Crippen LogP contribution in [0.1, 0.15) is 16.1 Å². The van der Waals surface area contributed by atoms with Gasteiger partial charge in [-0.05, 0) is 37.3 Å². The molecule has 1 amide bonds. The summed E-state index contributed by atoms with van der Waals surface area (Å²) in [4.78, 5) is 56.7. The molecule has 11 heteroatoms. The normalized spacial score (nSPS) is 10.8. The van der Waals surface area contributed by atoms with Crippen LogP contribution in [0.3, 0.4) is 0 Å². The number of anilines is 1. The fourth-order valence-electron chi connectivity index (χ4n) is 3.75. The molecule has 0 aliphatic rings. The summed E-state index contributed by atoms with van der Waals surface area (Å²) in [7, 11) is 2.61.